The monoisotopic (exact) mass is 521 g/mol. The highest BCUT2D eigenvalue weighted by Gasteiger charge is 2.12. The SMILES string of the molecule is COCCNC(=O)c1ccc(NC(=S)NC(=O)c2ccc(OCCC(C)C)c(Br)c2)cc1. The van der Waals surface area contributed by atoms with Crippen molar-refractivity contribution in [1.29, 1.82) is 0 Å². The smallest absolute Gasteiger partial charge is 0.257 e. The molecule has 0 unspecified atom stereocenters. The molecular weight excluding hydrogens is 494 g/mol. The van der Waals surface area contributed by atoms with E-state index < -0.39 is 0 Å². The molecule has 172 valence electrons. The molecule has 2 aromatic rings. The number of nitrogens with one attached hydrogen (secondary N) is 3. The Balaban J connectivity index is 1.87. The van der Waals surface area contributed by atoms with Crippen LogP contribution < -0.4 is 20.7 Å². The highest BCUT2D eigenvalue weighted by Crippen LogP contribution is 2.26. The number of ether oxygens (including phenoxy) is 2. The first-order valence-electron chi connectivity index (χ1n) is 10.2. The Hall–Kier alpha value is -2.49. The van der Waals surface area contributed by atoms with Crippen molar-refractivity contribution in [1.82, 2.24) is 10.6 Å². The van der Waals surface area contributed by atoms with Gasteiger partial charge in [-0.25, -0.2) is 0 Å². The lowest BCUT2D eigenvalue weighted by atomic mass is 10.1. The van der Waals surface area contributed by atoms with E-state index >= 15 is 0 Å². The third-order valence-electron chi connectivity index (χ3n) is 4.37. The van der Waals surface area contributed by atoms with Gasteiger partial charge in [0.25, 0.3) is 11.8 Å². The quantitative estimate of drug-likeness (QED) is 0.317. The summed E-state index contributed by atoms with van der Waals surface area (Å²) in [5.74, 6) is 0.716. The van der Waals surface area contributed by atoms with Gasteiger partial charge in [0.15, 0.2) is 5.11 Å². The van der Waals surface area contributed by atoms with E-state index in [1.54, 1.807) is 49.6 Å². The number of methoxy groups -OCH3 is 1. The molecule has 0 aromatic heterocycles. The summed E-state index contributed by atoms with van der Waals surface area (Å²) in [7, 11) is 1.57. The Morgan fingerprint density at radius 1 is 1.03 bits per heavy atom. The van der Waals surface area contributed by atoms with Gasteiger partial charge in [0.05, 0.1) is 17.7 Å². The number of thiocarbonyl (C=S) groups is 1. The molecule has 0 spiro atoms. The first-order valence-corrected chi connectivity index (χ1v) is 11.4. The molecule has 3 N–H and O–H groups in total. The maximum atomic E-state index is 12.5. The van der Waals surface area contributed by atoms with Crippen molar-refractivity contribution >= 4 is 50.8 Å². The molecule has 0 aliphatic carbocycles. The molecule has 0 saturated heterocycles. The van der Waals surface area contributed by atoms with Crippen LogP contribution in [0.4, 0.5) is 5.69 Å². The summed E-state index contributed by atoms with van der Waals surface area (Å²) in [6.07, 6.45) is 0.952. The van der Waals surface area contributed by atoms with Gasteiger partial charge in [-0.3, -0.25) is 14.9 Å². The van der Waals surface area contributed by atoms with E-state index in [0.717, 1.165) is 6.42 Å². The first kappa shape index (κ1) is 25.8. The summed E-state index contributed by atoms with van der Waals surface area (Å²) >= 11 is 8.68. The summed E-state index contributed by atoms with van der Waals surface area (Å²) in [5.41, 5.74) is 1.61. The molecule has 0 saturated carbocycles. The number of hydrogen-bond acceptors (Lipinski definition) is 5. The lowest BCUT2D eigenvalue weighted by Gasteiger charge is -2.12. The van der Waals surface area contributed by atoms with E-state index in [9.17, 15) is 9.59 Å². The zero-order valence-corrected chi connectivity index (χ0v) is 20.8. The van der Waals surface area contributed by atoms with Gasteiger partial charge >= 0.3 is 0 Å². The zero-order chi connectivity index (χ0) is 23.5. The average Bonchev–Trinajstić information content (AvgIpc) is 2.75. The van der Waals surface area contributed by atoms with Crippen molar-refractivity contribution in [3.05, 3.63) is 58.1 Å². The van der Waals surface area contributed by atoms with E-state index in [4.69, 9.17) is 21.7 Å². The predicted octanol–water partition coefficient (Wildman–Crippen LogP) is 4.38. The number of anilines is 1. The molecule has 2 amide bonds. The highest BCUT2D eigenvalue weighted by atomic mass is 79.9. The number of carbonyl (C=O) groups excluding carboxylic acids is 2. The average molecular weight is 522 g/mol. The zero-order valence-electron chi connectivity index (χ0n) is 18.4. The second-order valence-corrected chi connectivity index (χ2v) is 8.67. The normalized spacial score (nSPS) is 10.5. The van der Waals surface area contributed by atoms with E-state index in [1.165, 1.54) is 0 Å². The topological polar surface area (TPSA) is 88.7 Å². The van der Waals surface area contributed by atoms with E-state index in [2.05, 4.69) is 45.7 Å². The number of carbonyl (C=O) groups is 2. The van der Waals surface area contributed by atoms with Crippen LogP contribution in [0.2, 0.25) is 0 Å². The Labute approximate surface area is 202 Å². The second kappa shape index (κ2) is 13.1. The van der Waals surface area contributed by atoms with Gasteiger partial charge in [-0.15, -0.1) is 0 Å². The summed E-state index contributed by atoms with van der Waals surface area (Å²) in [4.78, 5) is 24.5. The minimum absolute atomic E-state index is 0.153. The van der Waals surface area contributed by atoms with Gasteiger partial charge in [-0.05, 0) is 83.0 Å². The Morgan fingerprint density at radius 3 is 2.34 bits per heavy atom. The molecule has 9 heteroatoms. The molecule has 2 aromatic carbocycles. The number of rotatable bonds is 10. The van der Waals surface area contributed by atoms with Crippen LogP contribution in [0.5, 0.6) is 5.75 Å². The van der Waals surface area contributed by atoms with Crippen LogP contribution in [0.15, 0.2) is 46.9 Å². The summed E-state index contributed by atoms with van der Waals surface area (Å²) < 4.78 is 11.4. The van der Waals surface area contributed by atoms with Gasteiger partial charge in [-0.2, -0.15) is 0 Å². The predicted molar refractivity (Wildman–Crippen MR) is 133 cm³/mol. The highest BCUT2D eigenvalue weighted by molar-refractivity contribution is 9.10. The van der Waals surface area contributed by atoms with Crippen LogP contribution in [-0.4, -0.2) is 43.8 Å². The van der Waals surface area contributed by atoms with Crippen LogP contribution in [-0.2, 0) is 4.74 Å². The maximum Gasteiger partial charge on any atom is 0.257 e. The van der Waals surface area contributed by atoms with Gasteiger partial charge in [0.2, 0.25) is 0 Å². The lowest BCUT2D eigenvalue weighted by molar-refractivity contribution is 0.0935. The summed E-state index contributed by atoms with van der Waals surface area (Å²) in [6.45, 7) is 5.77. The number of hydrogen-bond donors (Lipinski definition) is 3. The minimum Gasteiger partial charge on any atom is -0.492 e. The summed E-state index contributed by atoms with van der Waals surface area (Å²) in [6, 6.07) is 11.9. The summed E-state index contributed by atoms with van der Waals surface area (Å²) in [5, 5.41) is 8.49. The van der Waals surface area contributed by atoms with Crippen molar-refractivity contribution in [2.75, 3.05) is 32.2 Å². The van der Waals surface area contributed by atoms with Gasteiger partial charge in [-0.1, -0.05) is 13.8 Å². The van der Waals surface area contributed by atoms with E-state index in [-0.39, 0.29) is 16.9 Å². The first-order chi connectivity index (χ1) is 15.3. The minimum atomic E-state index is -0.342. The standard InChI is InChI=1S/C23H28BrN3O4S/c1-15(2)10-12-31-20-9-6-17(14-19(20)24)22(29)27-23(32)26-18-7-4-16(5-8-18)21(28)25-11-13-30-3/h4-9,14-15H,10-13H2,1-3H3,(H,25,28)(H2,26,27,29,32). The molecule has 0 heterocycles. The van der Waals surface area contributed by atoms with Gasteiger partial charge in [0, 0.05) is 30.5 Å². The molecule has 0 radical (unpaired) electrons. The largest absolute Gasteiger partial charge is 0.492 e. The molecule has 0 atom stereocenters. The van der Waals surface area contributed by atoms with E-state index in [1.807, 2.05) is 0 Å². The Morgan fingerprint density at radius 2 is 1.72 bits per heavy atom. The third kappa shape index (κ3) is 8.57. The second-order valence-electron chi connectivity index (χ2n) is 7.41. The van der Waals surface area contributed by atoms with Crippen molar-refractivity contribution < 1.29 is 19.1 Å². The molecule has 0 bridgehead atoms. The van der Waals surface area contributed by atoms with Crippen molar-refractivity contribution in [2.45, 2.75) is 20.3 Å². The van der Waals surface area contributed by atoms with Crippen molar-refractivity contribution in [2.24, 2.45) is 5.92 Å². The molecule has 0 fully saturated rings. The molecule has 32 heavy (non-hydrogen) atoms. The van der Waals surface area contributed by atoms with Crippen LogP contribution in [0.1, 0.15) is 41.0 Å². The van der Waals surface area contributed by atoms with Crippen molar-refractivity contribution in [3.8, 4) is 5.75 Å². The van der Waals surface area contributed by atoms with Crippen molar-refractivity contribution in [3.63, 3.8) is 0 Å². The lowest BCUT2D eigenvalue weighted by Crippen LogP contribution is -2.34. The van der Waals surface area contributed by atoms with E-state index in [0.29, 0.717) is 52.7 Å². The fourth-order valence-corrected chi connectivity index (χ4v) is 3.28. The molecular formula is C23H28BrN3O4S. The number of halogens is 1. The van der Waals surface area contributed by atoms with Crippen LogP contribution in [0.3, 0.4) is 0 Å². The van der Waals surface area contributed by atoms with Crippen LogP contribution >= 0.6 is 28.1 Å². The Kier molecular flexibility index (Phi) is 10.6. The fraction of sp³-hybridized carbons (Fsp3) is 0.348. The molecule has 2 rings (SSSR count). The molecule has 7 nitrogen and oxygen atoms in total. The number of amides is 2. The molecule has 0 aliphatic rings. The van der Waals surface area contributed by atoms with Crippen LogP contribution in [0, 0.1) is 5.92 Å². The maximum absolute atomic E-state index is 12.5. The Bertz CT molecular complexity index is 935. The number of benzene rings is 2. The molecule has 0 aliphatic heterocycles. The third-order valence-corrected chi connectivity index (χ3v) is 5.19. The van der Waals surface area contributed by atoms with Gasteiger partial charge in [0.1, 0.15) is 5.75 Å². The van der Waals surface area contributed by atoms with Crippen LogP contribution in [0.25, 0.3) is 0 Å². The fourth-order valence-electron chi connectivity index (χ4n) is 2.57. The van der Waals surface area contributed by atoms with Gasteiger partial charge < -0.3 is 20.1 Å².